The van der Waals surface area contributed by atoms with Gasteiger partial charge in [0.15, 0.2) is 5.65 Å². The van der Waals surface area contributed by atoms with Crippen LogP contribution in [0.2, 0.25) is 0 Å². The molecular formula is C32H32BN5O. The molecule has 3 aromatic carbocycles. The van der Waals surface area contributed by atoms with Crippen LogP contribution in [0, 0.1) is 5.92 Å². The van der Waals surface area contributed by atoms with Crippen molar-refractivity contribution in [3.8, 4) is 17.0 Å². The van der Waals surface area contributed by atoms with Gasteiger partial charge in [-0.05, 0) is 54.0 Å². The van der Waals surface area contributed by atoms with E-state index in [4.69, 9.17) is 12.8 Å². The molecule has 1 aliphatic heterocycles. The highest BCUT2D eigenvalue weighted by Crippen LogP contribution is 2.30. The molecule has 6 rings (SSSR count). The third-order valence-corrected chi connectivity index (χ3v) is 7.70. The van der Waals surface area contributed by atoms with Crippen LogP contribution in [0.25, 0.3) is 16.9 Å². The molecule has 1 atom stereocenters. The summed E-state index contributed by atoms with van der Waals surface area (Å²) >= 11 is 0. The largest absolute Gasteiger partial charge is 0.507 e. The number of fused-ring (bicyclic) bond motifs is 1. The van der Waals surface area contributed by atoms with Crippen LogP contribution in [0.4, 0.5) is 5.82 Å². The van der Waals surface area contributed by atoms with Gasteiger partial charge in [0.1, 0.15) is 19.4 Å². The van der Waals surface area contributed by atoms with Gasteiger partial charge < -0.3 is 15.3 Å². The van der Waals surface area contributed by atoms with E-state index in [1.165, 1.54) is 24.0 Å². The number of hydrogen-bond acceptors (Lipinski definition) is 5. The zero-order chi connectivity index (χ0) is 26.6. The van der Waals surface area contributed by atoms with Crippen LogP contribution in [-0.4, -0.2) is 58.6 Å². The van der Waals surface area contributed by atoms with Gasteiger partial charge in [-0.1, -0.05) is 72.8 Å². The fraction of sp³-hybridized carbons (Fsp3) is 0.250. The molecule has 3 heterocycles. The standard InChI is InChI=1S/C32H32BN5O/c33-28-20-35-38-31(18-29(36-32(28)38)26-15-7-8-16-30(26)39)34-19-23-10-9-17-37(21-23)22-27(24-11-3-1-4-12-24)25-13-5-2-6-14-25/h1-8,11-16,18,20,23,27,34,39H,9-10,17,19,21-22H2. The number of hydrogen-bond donors (Lipinski definition) is 2. The molecule has 0 spiro atoms. The number of rotatable bonds is 8. The monoisotopic (exact) mass is 513 g/mol. The average Bonchev–Trinajstić information content (AvgIpc) is 3.36. The van der Waals surface area contributed by atoms with Gasteiger partial charge in [0.25, 0.3) is 0 Å². The molecule has 6 nitrogen and oxygen atoms in total. The van der Waals surface area contributed by atoms with Crippen molar-refractivity contribution in [1.29, 1.82) is 0 Å². The third kappa shape index (κ3) is 5.54. The number of aromatic hydroxyl groups is 1. The normalized spacial score (nSPS) is 16.1. The molecule has 1 aliphatic rings. The van der Waals surface area contributed by atoms with E-state index in [1.807, 2.05) is 18.2 Å². The summed E-state index contributed by atoms with van der Waals surface area (Å²) in [5.41, 5.74) is 5.13. The van der Waals surface area contributed by atoms with Crippen molar-refractivity contribution in [2.24, 2.45) is 5.92 Å². The minimum atomic E-state index is 0.188. The number of para-hydroxylation sites is 1. The number of phenolic OH excluding ortho intramolecular Hbond substituents is 1. The first kappa shape index (κ1) is 25.2. The molecule has 0 bridgehead atoms. The number of anilines is 1. The van der Waals surface area contributed by atoms with Crippen LogP contribution in [0.15, 0.2) is 97.2 Å². The van der Waals surface area contributed by atoms with Crippen molar-refractivity contribution in [3.63, 3.8) is 0 Å². The van der Waals surface area contributed by atoms with Crippen molar-refractivity contribution >= 4 is 24.8 Å². The Morgan fingerprint density at radius 2 is 1.64 bits per heavy atom. The van der Waals surface area contributed by atoms with E-state index >= 15 is 0 Å². The lowest BCUT2D eigenvalue weighted by molar-refractivity contribution is 0.176. The second-order valence-corrected chi connectivity index (χ2v) is 10.4. The summed E-state index contributed by atoms with van der Waals surface area (Å²) in [5.74, 6) is 1.84. The van der Waals surface area contributed by atoms with Crippen LogP contribution in [0.5, 0.6) is 5.75 Å². The Hall–Kier alpha value is -4.10. The molecule has 0 amide bonds. The lowest BCUT2D eigenvalue weighted by Gasteiger charge is -2.35. The molecule has 0 saturated carbocycles. The van der Waals surface area contributed by atoms with Gasteiger partial charge >= 0.3 is 0 Å². The van der Waals surface area contributed by atoms with E-state index in [2.05, 4.69) is 76.0 Å². The summed E-state index contributed by atoms with van der Waals surface area (Å²) in [7, 11) is 6.19. The number of likely N-dealkylation sites (tertiary alicyclic amines) is 1. The molecule has 2 aromatic heterocycles. The van der Waals surface area contributed by atoms with E-state index in [9.17, 15) is 5.11 Å². The highest BCUT2D eigenvalue weighted by atomic mass is 16.3. The van der Waals surface area contributed by atoms with E-state index in [0.29, 0.717) is 34.2 Å². The summed E-state index contributed by atoms with van der Waals surface area (Å²) in [4.78, 5) is 7.30. The molecule has 1 saturated heterocycles. The number of benzene rings is 3. The molecule has 2 N–H and O–H groups in total. The minimum absolute atomic E-state index is 0.188. The maximum Gasteiger partial charge on any atom is 0.150 e. The van der Waals surface area contributed by atoms with E-state index in [0.717, 1.165) is 32.0 Å². The maximum absolute atomic E-state index is 10.4. The molecular weight excluding hydrogens is 481 g/mol. The number of phenols is 1. The van der Waals surface area contributed by atoms with Gasteiger partial charge in [-0.2, -0.15) is 9.61 Å². The molecule has 5 aromatic rings. The van der Waals surface area contributed by atoms with Gasteiger partial charge in [-0.15, -0.1) is 0 Å². The second kappa shape index (κ2) is 11.3. The van der Waals surface area contributed by atoms with E-state index in [1.54, 1.807) is 22.8 Å². The molecule has 2 radical (unpaired) electrons. The number of piperidine rings is 1. The SMILES string of the molecule is [B]c1cnn2c(NCC3CCCN(CC(c4ccccc4)c4ccccc4)C3)cc(-c3ccccc3O)nc12. The first-order valence-electron chi connectivity index (χ1n) is 13.6. The van der Waals surface area contributed by atoms with Gasteiger partial charge in [0.2, 0.25) is 0 Å². The average molecular weight is 513 g/mol. The topological polar surface area (TPSA) is 65.7 Å². The first-order chi connectivity index (χ1) is 19.2. The van der Waals surface area contributed by atoms with Crippen molar-refractivity contribution in [2.75, 3.05) is 31.5 Å². The maximum atomic E-state index is 10.4. The Kier molecular flexibility index (Phi) is 7.32. The Morgan fingerprint density at radius 3 is 2.36 bits per heavy atom. The smallest absolute Gasteiger partial charge is 0.150 e. The first-order valence-corrected chi connectivity index (χ1v) is 13.6. The Morgan fingerprint density at radius 1 is 0.949 bits per heavy atom. The Labute approximate surface area is 230 Å². The highest BCUT2D eigenvalue weighted by molar-refractivity contribution is 6.36. The molecule has 1 fully saturated rings. The van der Waals surface area contributed by atoms with E-state index in [-0.39, 0.29) is 5.75 Å². The van der Waals surface area contributed by atoms with Crippen molar-refractivity contribution in [2.45, 2.75) is 18.8 Å². The summed E-state index contributed by atoms with van der Waals surface area (Å²) in [6.07, 6.45) is 3.97. The van der Waals surface area contributed by atoms with Crippen molar-refractivity contribution in [1.82, 2.24) is 19.5 Å². The quantitative estimate of drug-likeness (QED) is 0.291. The van der Waals surface area contributed by atoms with Crippen LogP contribution in [0.3, 0.4) is 0 Å². The molecule has 0 aliphatic carbocycles. The predicted molar refractivity (Wildman–Crippen MR) is 158 cm³/mol. The van der Waals surface area contributed by atoms with Crippen LogP contribution in [0.1, 0.15) is 29.9 Å². The minimum Gasteiger partial charge on any atom is -0.507 e. The Balaban J connectivity index is 1.19. The number of aromatic nitrogens is 3. The lowest BCUT2D eigenvalue weighted by Crippen LogP contribution is -2.40. The second-order valence-electron chi connectivity index (χ2n) is 10.4. The van der Waals surface area contributed by atoms with Crippen LogP contribution in [-0.2, 0) is 0 Å². The van der Waals surface area contributed by atoms with Crippen LogP contribution >= 0.6 is 0 Å². The van der Waals surface area contributed by atoms with Gasteiger partial charge in [0, 0.05) is 43.4 Å². The van der Waals surface area contributed by atoms with Gasteiger partial charge in [-0.3, -0.25) is 0 Å². The lowest BCUT2D eigenvalue weighted by atomic mass is 9.89. The number of nitrogens with zero attached hydrogens (tertiary/aromatic N) is 4. The molecule has 1 unspecified atom stereocenters. The Bertz CT molecular complexity index is 1500. The molecule has 194 valence electrons. The zero-order valence-corrected chi connectivity index (χ0v) is 21.9. The third-order valence-electron chi connectivity index (χ3n) is 7.70. The fourth-order valence-corrected chi connectivity index (χ4v) is 5.70. The van der Waals surface area contributed by atoms with Gasteiger partial charge in [0.05, 0.1) is 5.69 Å². The van der Waals surface area contributed by atoms with E-state index < -0.39 is 0 Å². The zero-order valence-electron chi connectivity index (χ0n) is 21.9. The van der Waals surface area contributed by atoms with Crippen molar-refractivity contribution < 1.29 is 5.11 Å². The summed E-state index contributed by atoms with van der Waals surface area (Å²) in [5, 5.41) is 18.5. The summed E-state index contributed by atoms with van der Waals surface area (Å²) in [6, 6.07) is 30.8. The van der Waals surface area contributed by atoms with Gasteiger partial charge in [-0.25, -0.2) is 4.98 Å². The summed E-state index contributed by atoms with van der Waals surface area (Å²) < 4.78 is 1.75. The van der Waals surface area contributed by atoms with Crippen LogP contribution < -0.4 is 10.8 Å². The highest BCUT2D eigenvalue weighted by Gasteiger charge is 2.24. The molecule has 7 heteroatoms. The molecule has 39 heavy (non-hydrogen) atoms. The number of nitrogens with one attached hydrogen (secondary N) is 1. The van der Waals surface area contributed by atoms with Crippen molar-refractivity contribution in [3.05, 3.63) is 108 Å². The predicted octanol–water partition coefficient (Wildman–Crippen LogP) is 4.85. The fourth-order valence-electron chi connectivity index (χ4n) is 5.70. The summed E-state index contributed by atoms with van der Waals surface area (Å²) in [6.45, 7) is 3.96.